The fourth-order valence-electron chi connectivity index (χ4n) is 4.98. The summed E-state index contributed by atoms with van der Waals surface area (Å²) in [6.45, 7) is -0.700. The molecule has 2 amide bonds. The molecule has 0 saturated heterocycles. The smallest absolute Gasteiger partial charge is 0.416 e. The van der Waals surface area contributed by atoms with Crippen molar-refractivity contribution in [1.82, 2.24) is 9.88 Å². The van der Waals surface area contributed by atoms with Crippen molar-refractivity contribution in [3.05, 3.63) is 131 Å². The van der Waals surface area contributed by atoms with E-state index in [9.17, 15) is 37.5 Å². The van der Waals surface area contributed by atoms with Crippen LogP contribution >= 0.6 is 0 Å². The zero-order valence-corrected chi connectivity index (χ0v) is 25.9. The predicted octanol–water partition coefficient (Wildman–Crippen LogP) is 6.39. The number of esters is 1. The molecule has 0 radical (unpaired) electrons. The molecule has 0 unspecified atom stereocenters. The molecule has 0 atom stereocenters. The number of hydrogen-bond acceptors (Lipinski definition) is 7. The minimum Gasteiger partial charge on any atom is -0.497 e. The van der Waals surface area contributed by atoms with Gasteiger partial charge in [0.25, 0.3) is 5.91 Å². The summed E-state index contributed by atoms with van der Waals surface area (Å²) in [5.74, 6) is -2.89. The maximum atomic E-state index is 13.5. The highest BCUT2D eigenvalue weighted by atomic mass is 19.4. The van der Waals surface area contributed by atoms with Crippen LogP contribution in [0.25, 0.3) is 10.8 Å². The number of aliphatic carboxylic acids is 1. The van der Waals surface area contributed by atoms with E-state index >= 15 is 0 Å². The van der Waals surface area contributed by atoms with Crippen molar-refractivity contribution in [3.8, 4) is 11.5 Å². The average Bonchev–Trinajstić information content (AvgIpc) is 3.08. The topological polar surface area (TPSA) is 135 Å². The lowest BCUT2D eigenvalue weighted by molar-refractivity contribution is -0.139. The first-order chi connectivity index (χ1) is 23.4. The molecule has 0 aliphatic carbocycles. The number of methoxy groups -OCH3 is 1. The zero-order chi connectivity index (χ0) is 35.1. The summed E-state index contributed by atoms with van der Waals surface area (Å²) in [4.78, 5) is 55.3. The molecule has 5 rings (SSSR count). The number of ether oxygens (including phenoxy) is 2. The Bertz CT molecular complexity index is 2010. The second kappa shape index (κ2) is 14.7. The van der Waals surface area contributed by atoms with E-state index in [2.05, 4.69) is 10.3 Å². The first-order valence-electron chi connectivity index (χ1n) is 14.7. The third kappa shape index (κ3) is 8.77. The first kappa shape index (κ1) is 34.1. The lowest BCUT2D eigenvalue weighted by Gasteiger charge is -2.21. The highest BCUT2D eigenvalue weighted by Crippen LogP contribution is 2.35. The summed E-state index contributed by atoms with van der Waals surface area (Å²) in [6, 6.07) is 22.0. The average molecular weight is 672 g/mol. The number of fused-ring (bicyclic) bond motifs is 1. The lowest BCUT2D eigenvalue weighted by atomic mass is 10.0. The Morgan fingerprint density at radius 3 is 2.20 bits per heavy atom. The lowest BCUT2D eigenvalue weighted by Crippen LogP contribution is -2.35. The normalized spacial score (nSPS) is 11.1. The van der Waals surface area contributed by atoms with Crippen LogP contribution in [0.3, 0.4) is 0 Å². The third-order valence-corrected chi connectivity index (χ3v) is 7.39. The molecule has 4 aromatic carbocycles. The SMILES string of the molecule is COc1ccc(CC(=O)Nc2ccc(C(=O)N(CC(=O)O)Cc3ccc(OC(=O)c4ccc5cnccc5c4)cc3)cc2)c(C(F)(F)F)c1. The van der Waals surface area contributed by atoms with Gasteiger partial charge in [0.05, 0.1) is 24.7 Å². The minimum atomic E-state index is -4.69. The van der Waals surface area contributed by atoms with E-state index in [-0.39, 0.29) is 34.9 Å². The highest BCUT2D eigenvalue weighted by molar-refractivity contribution is 5.98. The van der Waals surface area contributed by atoms with Crippen LogP contribution in [-0.2, 0) is 28.7 Å². The summed E-state index contributed by atoms with van der Waals surface area (Å²) in [7, 11) is 1.24. The second-order valence-corrected chi connectivity index (χ2v) is 10.8. The van der Waals surface area contributed by atoms with Gasteiger partial charge in [-0.15, -0.1) is 0 Å². The van der Waals surface area contributed by atoms with Crippen LogP contribution in [0.1, 0.15) is 37.4 Å². The van der Waals surface area contributed by atoms with Crippen molar-refractivity contribution in [2.24, 2.45) is 0 Å². The summed E-state index contributed by atoms with van der Waals surface area (Å²) in [6.07, 6.45) is -1.95. The highest BCUT2D eigenvalue weighted by Gasteiger charge is 2.34. The Balaban J connectivity index is 1.21. The number of hydrogen-bond donors (Lipinski definition) is 2. The molecule has 0 bridgehead atoms. The molecule has 1 aromatic heterocycles. The number of carboxylic acid groups (broad SMARTS) is 1. The van der Waals surface area contributed by atoms with Gasteiger partial charge in [0, 0.05) is 35.6 Å². The van der Waals surface area contributed by atoms with Gasteiger partial charge in [-0.3, -0.25) is 19.4 Å². The monoisotopic (exact) mass is 671 g/mol. The van der Waals surface area contributed by atoms with Crippen LogP contribution in [0.5, 0.6) is 11.5 Å². The summed E-state index contributed by atoms with van der Waals surface area (Å²) in [5.41, 5.74) is 0.0182. The van der Waals surface area contributed by atoms with Crippen molar-refractivity contribution in [3.63, 3.8) is 0 Å². The molecule has 250 valence electrons. The third-order valence-electron chi connectivity index (χ3n) is 7.39. The van der Waals surface area contributed by atoms with E-state index in [1.807, 2.05) is 0 Å². The van der Waals surface area contributed by atoms with E-state index < -0.39 is 48.5 Å². The van der Waals surface area contributed by atoms with Gasteiger partial charge in [-0.2, -0.15) is 13.2 Å². The van der Waals surface area contributed by atoms with Crippen molar-refractivity contribution in [1.29, 1.82) is 0 Å². The van der Waals surface area contributed by atoms with E-state index in [0.717, 1.165) is 21.7 Å². The number of benzene rings is 4. The molecule has 5 aromatic rings. The molecular weight excluding hydrogens is 643 g/mol. The molecule has 0 aliphatic rings. The molecular formula is C36H28F3N3O7. The first-order valence-corrected chi connectivity index (χ1v) is 14.7. The molecule has 0 fully saturated rings. The van der Waals surface area contributed by atoms with Gasteiger partial charge in [-0.05, 0) is 83.2 Å². The number of halogens is 3. The Morgan fingerprint density at radius 1 is 0.837 bits per heavy atom. The van der Waals surface area contributed by atoms with E-state index in [1.54, 1.807) is 48.8 Å². The molecule has 49 heavy (non-hydrogen) atoms. The van der Waals surface area contributed by atoms with Crippen molar-refractivity contribution in [2.75, 3.05) is 19.0 Å². The van der Waals surface area contributed by atoms with E-state index in [0.29, 0.717) is 11.1 Å². The second-order valence-electron chi connectivity index (χ2n) is 10.8. The quantitative estimate of drug-likeness (QED) is 0.122. The molecule has 0 spiro atoms. The Kier molecular flexibility index (Phi) is 10.2. The van der Waals surface area contributed by atoms with Crippen LogP contribution in [0, 0.1) is 0 Å². The Morgan fingerprint density at radius 2 is 1.53 bits per heavy atom. The molecule has 0 saturated carbocycles. The number of amides is 2. The zero-order valence-electron chi connectivity index (χ0n) is 25.9. The van der Waals surface area contributed by atoms with Gasteiger partial charge in [-0.25, -0.2) is 4.79 Å². The molecule has 2 N–H and O–H groups in total. The number of alkyl halides is 3. The number of nitrogens with zero attached hydrogens (tertiary/aromatic N) is 2. The number of carboxylic acids is 1. The van der Waals surface area contributed by atoms with Gasteiger partial charge in [0.2, 0.25) is 5.91 Å². The number of nitrogens with one attached hydrogen (secondary N) is 1. The fourth-order valence-corrected chi connectivity index (χ4v) is 4.98. The number of rotatable bonds is 11. The Labute approximate surface area is 277 Å². The number of aromatic nitrogens is 1. The van der Waals surface area contributed by atoms with Crippen molar-refractivity contribution in [2.45, 2.75) is 19.1 Å². The van der Waals surface area contributed by atoms with Gasteiger partial charge in [-0.1, -0.05) is 24.3 Å². The number of anilines is 1. The number of pyridine rings is 1. The number of carbonyl (C=O) groups excluding carboxylic acids is 3. The minimum absolute atomic E-state index is 0.00225. The van der Waals surface area contributed by atoms with E-state index in [1.165, 1.54) is 55.6 Å². The van der Waals surface area contributed by atoms with Gasteiger partial charge in [0.15, 0.2) is 0 Å². The fraction of sp³-hybridized carbons (Fsp3) is 0.139. The van der Waals surface area contributed by atoms with Crippen LogP contribution in [-0.4, -0.2) is 52.4 Å². The van der Waals surface area contributed by atoms with Gasteiger partial charge >= 0.3 is 18.1 Å². The molecule has 1 heterocycles. The van der Waals surface area contributed by atoms with Crippen molar-refractivity contribution < 1.29 is 46.9 Å². The summed E-state index contributed by atoms with van der Waals surface area (Å²) >= 11 is 0. The molecule has 0 aliphatic heterocycles. The van der Waals surface area contributed by atoms with Crippen LogP contribution < -0.4 is 14.8 Å². The van der Waals surface area contributed by atoms with Crippen molar-refractivity contribution >= 4 is 40.2 Å². The van der Waals surface area contributed by atoms with Crippen LogP contribution in [0.15, 0.2) is 103 Å². The maximum absolute atomic E-state index is 13.5. The Hall–Kier alpha value is -6.24. The maximum Gasteiger partial charge on any atom is 0.416 e. The standard InChI is InChI=1S/C36H28F3N3O7/c1-48-30-13-8-25(31(18-30)36(37,38)39)17-32(43)41-28-9-6-23(7-10-28)34(46)42(21-33(44)45)20-22-2-11-29(12-3-22)49-35(47)26-4-5-27-19-40-15-14-24(27)16-26/h2-16,18-19H,17,20-21H2,1H3,(H,41,43)(H,44,45). The molecule has 13 heteroatoms. The van der Waals surface area contributed by atoms with Crippen LogP contribution in [0.4, 0.5) is 18.9 Å². The van der Waals surface area contributed by atoms with Gasteiger partial charge in [0.1, 0.15) is 18.0 Å². The molecule has 10 nitrogen and oxygen atoms in total. The summed E-state index contributed by atoms with van der Waals surface area (Å²) < 4.78 is 50.9. The van der Waals surface area contributed by atoms with Gasteiger partial charge < -0.3 is 24.8 Å². The predicted molar refractivity (Wildman–Crippen MR) is 172 cm³/mol. The summed E-state index contributed by atoms with van der Waals surface area (Å²) in [5, 5.41) is 13.7. The van der Waals surface area contributed by atoms with E-state index in [4.69, 9.17) is 9.47 Å². The van der Waals surface area contributed by atoms with Crippen LogP contribution in [0.2, 0.25) is 0 Å². The number of carbonyl (C=O) groups is 4. The largest absolute Gasteiger partial charge is 0.497 e.